The number of methoxy groups -OCH3 is 1. The minimum Gasteiger partial charge on any atom is -0.486 e. The molecule has 1 aliphatic rings. The minimum absolute atomic E-state index is 0.135. The zero-order valence-electron chi connectivity index (χ0n) is 13.9. The summed E-state index contributed by atoms with van der Waals surface area (Å²) in [7, 11) is 1.32. The average Bonchev–Trinajstić information content (AvgIpc) is 2.67. The van der Waals surface area contributed by atoms with Gasteiger partial charge in [-0.25, -0.2) is 4.79 Å². The van der Waals surface area contributed by atoms with Crippen LogP contribution in [0, 0.1) is 0 Å². The average molecular weight is 372 g/mol. The SMILES string of the molecule is COC(=O)c1ccc(NC(=S)NC(=O)c2ccc3c(c2)OCCO3)cc1. The smallest absolute Gasteiger partial charge is 0.337 e. The molecule has 1 aliphatic heterocycles. The minimum atomic E-state index is -0.425. The molecule has 1 amide bonds. The summed E-state index contributed by atoms with van der Waals surface area (Å²) in [6, 6.07) is 11.4. The number of thiocarbonyl (C=S) groups is 1. The van der Waals surface area contributed by atoms with E-state index < -0.39 is 5.97 Å². The highest BCUT2D eigenvalue weighted by atomic mass is 32.1. The molecule has 0 radical (unpaired) electrons. The fraction of sp³-hybridized carbons (Fsp3) is 0.167. The van der Waals surface area contributed by atoms with Crippen LogP contribution in [0.1, 0.15) is 20.7 Å². The lowest BCUT2D eigenvalue weighted by Crippen LogP contribution is -2.34. The Balaban J connectivity index is 1.61. The Bertz CT molecular complexity index is 851. The van der Waals surface area contributed by atoms with E-state index in [9.17, 15) is 9.59 Å². The van der Waals surface area contributed by atoms with Crippen molar-refractivity contribution in [1.82, 2.24) is 5.32 Å². The van der Waals surface area contributed by atoms with Gasteiger partial charge in [-0.3, -0.25) is 10.1 Å². The summed E-state index contributed by atoms with van der Waals surface area (Å²) in [6.07, 6.45) is 0. The van der Waals surface area contributed by atoms with Crippen LogP contribution in [0.15, 0.2) is 42.5 Å². The Kier molecular flexibility index (Phi) is 5.33. The largest absolute Gasteiger partial charge is 0.486 e. The zero-order valence-corrected chi connectivity index (χ0v) is 14.7. The molecular formula is C18H16N2O5S. The van der Waals surface area contributed by atoms with Crippen molar-refractivity contribution in [3.8, 4) is 11.5 Å². The number of carbonyl (C=O) groups excluding carboxylic acids is 2. The van der Waals surface area contributed by atoms with Crippen LogP contribution in [0.5, 0.6) is 11.5 Å². The molecule has 0 unspecified atom stereocenters. The molecular weight excluding hydrogens is 356 g/mol. The van der Waals surface area contributed by atoms with Crippen molar-refractivity contribution in [3.63, 3.8) is 0 Å². The molecule has 0 saturated heterocycles. The fourth-order valence-corrected chi connectivity index (χ4v) is 2.54. The van der Waals surface area contributed by atoms with Gasteiger partial charge >= 0.3 is 5.97 Å². The molecule has 2 aromatic carbocycles. The molecule has 2 N–H and O–H groups in total. The Hall–Kier alpha value is -3.13. The van der Waals surface area contributed by atoms with Crippen molar-refractivity contribution < 1.29 is 23.8 Å². The van der Waals surface area contributed by atoms with Crippen LogP contribution in [-0.2, 0) is 4.74 Å². The quantitative estimate of drug-likeness (QED) is 0.632. The van der Waals surface area contributed by atoms with Crippen LogP contribution in [0.25, 0.3) is 0 Å². The first-order valence-corrected chi connectivity index (χ1v) is 8.18. The van der Waals surface area contributed by atoms with E-state index >= 15 is 0 Å². The predicted octanol–water partition coefficient (Wildman–Crippen LogP) is 2.37. The highest BCUT2D eigenvalue weighted by Gasteiger charge is 2.15. The number of carbonyl (C=O) groups is 2. The second-order valence-electron chi connectivity index (χ2n) is 5.34. The van der Waals surface area contributed by atoms with E-state index in [0.29, 0.717) is 41.5 Å². The number of hydrogen-bond acceptors (Lipinski definition) is 6. The van der Waals surface area contributed by atoms with Gasteiger partial charge in [0.2, 0.25) is 0 Å². The third-order valence-electron chi connectivity index (χ3n) is 3.60. The van der Waals surface area contributed by atoms with Crippen molar-refractivity contribution in [2.45, 2.75) is 0 Å². The summed E-state index contributed by atoms with van der Waals surface area (Å²) in [5.41, 5.74) is 1.45. The zero-order chi connectivity index (χ0) is 18.5. The molecule has 0 atom stereocenters. The molecule has 134 valence electrons. The number of anilines is 1. The lowest BCUT2D eigenvalue weighted by Gasteiger charge is -2.18. The van der Waals surface area contributed by atoms with Gasteiger partial charge in [0, 0.05) is 11.3 Å². The summed E-state index contributed by atoms with van der Waals surface area (Å²) in [5, 5.41) is 5.61. The van der Waals surface area contributed by atoms with E-state index in [-0.39, 0.29) is 11.0 Å². The van der Waals surface area contributed by atoms with E-state index in [0.717, 1.165) is 0 Å². The number of esters is 1. The first-order chi connectivity index (χ1) is 12.6. The normalized spacial score (nSPS) is 12.0. The van der Waals surface area contributed by atoms with Crippen LogP contribution in [0.4, 0.5) is 5.69 Å². The van der Waals surface area contributed by atoms with Gasteiger partial charge < -0.3 is 19.5 Å². The molecule has 26 heavy (non-hydrogen) atoms. The van der Waals surface area contributed by atoms with Gasteiger partial charge in [0.15, 0.2) is 16.6 Å². The van der Waals surface area contributed by atoms with Crippen LogP contribution in [-0.4, -0.2) is 37.3 Å². The number of ether oxygens (including phenoxy) is 3. The summed E-state index contributed by atoms with van der Waals surface area (Å²) >= 11 is 5.15. The maximum Gasteiger partial charge on any atom is 0.337 e. The first-order valence-electron chi connectivity index (χ1n) is 7.77. The van der Waals surface area contributed by atoms with Gasteiger partial charge in [0.1, 0.15) is 13.2 Å². The Morgan fingerprint density at radius 1 is 1.00 bits per heavy atom. The van der Waals surface area contributed by atoms with Gasteiger partial charge in [-0.15, -0.1) is 0 Å². The topological polar surface area (TPSA) is 85.9 Å². The van der Waals surface area contributed by atoms with Crippen LogP contribution < -0.4 is 20.1 Å². The summed E-state index contributed by atoms with van der Waals surface area (Å²) < 4.78 is 15.5. The third-order valence-corrected chi connectivity index (χ3v) is 3.80. The molecule has 0 aromatic heterocycles. The molecule has 0 aliphatic carbocycles. The molecule has 1 heterocycles. The van der Waals surface area contributed by atoms with Gasteiger partial charge in [0.25, 0.3) is 5.91 Å². The second-order valence-corrected chi connectivity index (χ2v) is 5.74. The summed E-state index contributed by atoms with van der Waals surface area (Å²) in [6.45, 7) is 0.931. The fourth-order valence-electron chi connectivity index (χ4n) is 2.33. The van der Waals surface area contributed by atoms with Crippen LogP contribution in [0.3, 0.4) is 0 Å². The van der Waals surface area contributed by atoms with Crippen molar-refractivity contribution in [3.05, 3.63) is 53.6 Å². The molecule has 0 bridgehead atoms. The van der Waals surface area contributed by atoms with Gasteiger partial charge in [-0.2, -0.15) is 0 Å². The molecule has 0 fully saturated rings. The standard InChI is InChI=1S/C18H16N2O5S/c1-23-17(22)11-2-5-13(6-3-11)19-18(26)20-16(21)12-4-7-14-15(10-12)25-9-8-24-14/h2-7,10H,8-9H2,1H3,(H2,19,20,21,26). The maximum absolute atomic E-state index is 12.3. The molecule has 7 nitrogen and oxygen atoms in total. The molecule has 0 saturated carbocycles. The number of nitrogens with one attached hydrogen (secondary N) is 2. The summed E-state index contributed by atoms with van der Waals surface area (Å²) in [4.78, 5) is 23.7. The van der Waals surface area contributed by atoms with Crippen molar-refractivity contribution in [2.24, 2.45) is 0 Å². The maximum atomic E-state index is 12.3. The number of amides is 1. The lowest BCUT2D eigenvalue weighted by atomic mass is 10.2. The molecule has 0 spiro atoms. The van der Waals surface area contributed by atoms with Gasteiger partial charge in [-0.05, 0) is 54.7 Å². The molecule has 8 heteroatoms. The number of benzene rings is 2. The highest BCUT2D eigenvalue weighted by Crippen LogP contribution is 2.30. The Morgan fingerprint density at radius 3 is 2.35 bits per heavy atom. The Labute approximate surface area is 155 Å². The Morgan fingerprint density at radius 2 is 1.65 bits per heavy atom. The monoisotopic (exact) mass is 372 g/mol. The predicted molar refractivity (Wildman–Crippen MR) is 98.9 cm³/mol. The van der Waals surface area contributed by atoms with Gasteiger partial charge in [0.05, 0.1) is 12.7 Å². The van der Waals surface area contributed by atoms with Gasteiger partial charge in [-0.1, -0.05) is 0 Å². The lowest BCUT2D eigenvalue weighted by molar-refractivity contribution is 0.0600. The second kappa shape index (κ2) is 7.83. The molecule has 3 rings (SSSR count). The van der Waals surface area contributed by atoms with E-state index in [1.807, 2.05) is 0 Å². The van der Waals surface area contributed by atoms with Crippen molar-refractivity contribution >= 4 is 34.9 Å². The van der Waals surface area contributed by atoms with Crippen molar-refractivity contribution in [2.75, 3.05) is 25.6 Å². The van der Waals surface area contributed by atoms with E-state index in [4.69, 9.17) is 21.7 Å². The van der Waals surface area contributed by atoms with Crippen molar-refractivity contribution in [1.29, 1.82) is 0 Å². The first kappa shape index (κ1) is 17.7. The van der Waals surface area contributed by atoms with E-state index in [1.54, 1.807) is 42.5 Å². The number of rotatable bonds is 3. The van der Waals surface area contributed by atoms with Crippen LogP contribution >= 0.6 is 12.2 Å². The number of hydrogen-bond donors (Lipinski definition) is 2. The molecule has 2 aromatic rings. The van der Waals surface area contributed by atoms with E-state index in [2.05, 4.69) is 15.4 Å². The number of fused-ring (bicyclic) bond motifs is 1. The highest BCUT2D eigenvalue weighted by molar-refractivity contribution is 7.80. The summed E-state index contributed by atoms with van der Waals surface area (Å²) in [5.74, 6) is 0.345. The van der Waals surface area contributed by atoms with E-state index in [1.165, 1.54) is 7.11 Å². The third kappa shape index (κ3) is 4.09. The van der Waals surface area contributed by atoms with Crippen LogP contribution in [0.2, 0.25) is 0 Å².